The second kappa shape index (κ2) is 8.22. The Hall–Kier alpha value is -0.910. The van der Waals surface area contributed by atoms with Crippen LogP contribution in [0.5, 0.6) is 0 Å². The SMILES string of the molecule is CCCCOCCNCc1ccc(C(=O)O)s1. The fourth-order valence-electron chi connectivity index (χ4n) is 1.29. The third-order valence-electron chi connectivity index (χ3n) is 2.24. The summed E-state index contributed by atoms with van der Waals surface area (Å²) in [6, 6.07) is 3.49. The number of ether oxygens (including phenoxy) is 1. The van der Waals surface area contributed by atoms with Gasteiger partial charge in [0, 0.05) is 24.6 Å². The molecule has 0 aliphatic rings. The summed E-state index contributed by atoms with van der Waals surface area (Å²) in [6.45, 7) is 5.16. The number of nitrogens with one attached hydrogen (secondary N) is 1. The maximum absolute atomic E-state index is 10.7. The quantitative estimate of drug-likeness (QED) is 0.667. The molecule has 1 rings (SSSR count). The van der Waals surface area contributed by atoms with Gasteiger partial charge in [-0.3, -0.25) is 0 Å². The third-order valence-corrected chi connectivity index (χ3v) is 3.31. The Morgan fingerprint density at radius 3 is 2.94 bits per heavy atom. The van der Waals surface area contributed by atoms with Gasteiger partial charge in [-0.25, -0.2) is 4.79 Å². The Morgan fingerprint density at radius 1 is 1.47 bits per heavy atom. The van der Waals surface area contributed by atoms with Gasteiger partial charge in [-0.1, -0.05) is 13.3 Å². The van der Waals surface area contributed by atoms with Gasteiger partial charge in [-0.2, -0.15) is 0 Å². The lowest BCUT2D eigenvalue weighted by molar-refractivity contribution is 0.0702. The Bertz CT molecular complexity index is 338. The van der Waals surface area contributed by atoms with Crippen LogP contribution in [0, 0.1) is 0 Å². The summed E-state index contributed by atoms with van der Waals surface area (Å²) in [5.74, 6) is -0.857. The zero-order valence-electron chi connectivity index (χ0n) is 10.1. The van der Waals surface area contributed by atoms with E-state index in [-0.39, 0.29) is 0 Å². The first-order valence-corrected chi connectivity index (χ1v) is 6.66. The molecule has 0 unspecified atom stereocenters. The van der Waals surface area contributed by atoms with Crippen molar-refractivity contribution in [3.63, 3.8) is 0 Å². The minimum absolute atomic E-state index is 0.390. The van der Waals surface area contributed by atoms with Crippen molar-refractivity contribution in [3.8, 4) is 0 Å². The second-order valence-electron chi connectivity index (χ2n) is 3.71. The highest BCUT2D eigenvalue weighted by atomic mass is 32.1. The highest BCUT2D eigenvalue weighted by Gasteiger charge is 2.05. The lowest BCUT2D eigenvalue weighted by Crippen LogP contribution is -2.18. The van der Waals surface area contributed by atoms with Gasteiger partial charge in [0.05, 0.1) is 6.61 Å². The van der Waals surface area contributed by atoms with E-state index in [2.05, 4.69) is 12.2 Å². The lowest BCUT2D eigenvalue weighted by Gasteiger charge is -2.04. The number of thiophene rings is 1. The maximum Gasteiger partial charge on any atom is 0.345 e. The van der Waals surface area contributed by atoms with E-state index in [0.717, 1.165) is 30.9 Å². The van der Waals surface area contributed by atoms with Crippen molar-refractivity contribution in [2.75, 3.05) is 19.8 Å². The van der Waals surface area contributed by atoms with E-state index in [1.165, 1.54) is 11.3 Å². The summed E-state index contributed by atoms with van der Waals surface area (Å²) in [7, 11) is 0. The van der Waals surface area contributed by atoms with Crippen LogP contribution in [0.25, 0.3) is 0 Å². The van der Waals surface area contributed by atoms with Crippen LogP contribution in [0.15, 0.2) is 12.1 Å². The average Bonchev–Trinajstić information content (AvgIpc) is 2.77. The standard InChI is InChI=1S/C12H19NO3S/c1-2-3-7-16-8-6-13-9-10-4-5-11(17-10)12(14)15/h4-5,13H,2-3,6-9H2,1H3,(H,14,15). The van der Waals surface area contributed by atoms with Gasteiger partial charge >= 0.3 is 5.97 Å². The minimum Gasteiger partial charge on any atom is -0.477 e. The summed E-state index contributed by atoms with van der Waals surface area (Å²) in [5.41, 5.74) is 0. The Kier molecular flexibility index (Phi) is 6.84. The average molecular weight is 257 g/mol. The van der Waals surface area contributed by atoms with Crippen LogP contribution >= 0.6 is 11.3 Å². The van der Waals surface area contributed by atoms with Gasteiger partial charge in [-0.05, 0) is 18.6 Å². The fourth-order valence-corrected chi connectivity index (χ4v) is 2.11. The van der Waals surface area contributed by atoms with Gasteiger partial charge in [0.25, 0.3) is 0 Å². The molecular formula is C12H19NO3S. The molecule has 2 N–H and O–H groups in total. The molecule has 96 valence electrons. The molecule has 5 heteroatoms. The molecule has 0 bridgehead atoms. The van der Waals surface area contributed by atoms with Gasteiger partial charge in [0.15, 0.2) is 0 Å². The molecule has 0 saturated heterocycles. The van der Waals surface area contributed by atoms with Crippen molar-refractivity contribution in [2.24, 2.45) is 0 Å². The van der Waals surface area contributed by atoms with Crippen LogP contribution < -0.4 is 5.32 Å². The molecule has 1 aromatic heterocycles. The Morgan fingerprint density at radius 2 is 2.29 bits per heavy atom. The predicted octanol–water partition coefficient (Wildman–Crippen LogP) is 2.35. The largest absolute Gasteiger partial charge is 0.477 e. The van der Waals surface area contributed by atoms with Crippen molar-refractivity contribution in [1.29, 1.82) is 0 Å². The maximum atomic E-state index is 10.7. The molecular weight excluding hydrogens is 238 g/mol. The molecule has 4 nitrogen and oxygen atoms in total. The highest BCUT2D eigenvalue weighted by Crippen LogP contribution is 2.15. The Balaban J connectivity index is 2.07. The second-order valence-corrected chi connectivity index (χ2v) is 4.88. The van der Waals surface area contributed by atoms with E-state index in [0.29, 0.717) is 18.0 Å². The normalized spacial score (nSPS) is 10.6. The molecule has 0 aromatic carbocycles. The van der Waals surface area contributed by atoms with Gasteiger partial charge in [0.1, 0.15) is 4.88 Å². The molecule has 0 saturated carbocycles. The smallest absolute Gasteiger partial charge is 0.345 e. The molecule has 0 fully saturated rings. The first-order valence-electron chi connectivity index (χ1n) is 5.84. The summed E-state index contributed by atoms with van der Waals surface area (Å²) >= 11 is 1.31. The summed E-state index contributed by atoms with van der Waals surface area (Å²) in [5, 5.41) is 12.0. The van der Waals surface area contributed by atoms with Crippen molar-refractivity contribution in [3.05, 3.63) is 21.9 Å². The van der Waals surface area contributed by atoms with Crippen LogP contribution in [0.3, 0.4) is 0 Å². The van der Waals surface area contributed by atoms with Crippen LogP contribution in [-0.2, 0) is 11.3 Å². The van der Waals surface area contributed by atoms with E-state index < -0.39 is 5.97 Å². The number of hydrogen-bond acceptors (Lipinski definition) is 4. The summed E-state index contributed by atoms with van der Waals surface area (Å²) < 4.78 is 5.40. The summed E-state index contributed by atoms with van der Waals surface area (Å²) in [4.78, 5) is 12.1. The van der Waals surface area contributed by atoms with Crippen molar-refractivity contribution >= 4 is 17.3 Å². The number of rotatable bonds is 9. The topological polar surface area (TPSA) is 58.6 Å². The number of aromatic carboxylic acids is 1. The van der Waals surface area contributed by atoms with Crippen LogP contribution in [0.2, 0.25) is 0 Å². The number of carboxylic acids is 1. The molecule has 0 aliphatic carbocycles. The zero-order valence-corrected chi connectivity index (χ0v) is 10.9. The summed E-state index contributed by atoms with van der Waals surface area (Å²) in [6.07, 6.45) is 2.26. The van der Waals surface area contributed by atoms with Crippen LogP contribution in [0.4, 0.5) is 0 Å². The van der Waals surface area contributed by atoms with E-state index >= 15 is 0 Å². The lowest BCUT2D eigenvalue weighted by atomic mass is 10.4. The first-order chi connectivity index (χ1) is 8.24. The molecule has 1 aromatic rings. The third kappa shape index (κ3) is 5.81. The molecule has 0 atom stereocenters. The van der Waals surface area contributed by atoms with Crippen molar-refractivity contribution < 1.29 is 14.6 Å². The van der Waals surface area contributed by atoms with E-state index in [1.807, 2.05) is 6.07 Å². The van der Waals surface area contributed by atoms with Crippen LogP contribution in [-0.4, -0.2) is 30.8 Å². The molecule has 0 radical (unpaired) electrons. The number of carboxylic acid groups (broad SMARTS) is 1. The van der Waals surface area contributed by atoms with Crippen molar-refractivity contribution in [1.82, 2.24) is 5.32 Å². The number of hydrogen-bond donors (Lipinski definition) is 2. The number of unbranched alkanes of at least 4 members (excludes halogenated alkanes) is 1. The number of carbonyl (C=O) groups is 1. The van der Waals surface area contributed by atoms with Gasteiger partial charge < -0.3 is 15.2 Å². The molecule has 0 spiro atoms. The van der Waals surface area contributed by atoms with Crippen LogP contribution in [0.1, 0.15) is 34.3 Å². The molecule has 1 heterocycles. The minimum atomic E-state index is -0.857. The van der Waals surface area contributed by atoms with Crippen molar-refractivity contribution in [2.45, 2.75) is 26.3 Å². The first kappa shape index (κ1) is 14.2. The highest BCUT2D eigenvalue weighted by molar-refractivity contribution is 7.13. The van der Waals surface area contributed by atoms with Gasteiger partial charge in [0.2, 0.25) is 0 Å². The van der Waals surface area contributed by atoms with E-state index in [4.69, 9.17) is 9.84 Å². The Labute approximate surface area is 106 Å². The molecule has 0 amide bonds. The van der Waals surface area contributed by atoms with E-state index in [9.17, 15) is 4.79 Å². The monoisotopic (exact) mass is 257 g/mol. The molecule has 17 heavy (non-hydrogen) atoms. The fraction of sp³-hybridized carbons (Fsp3) is 0.583. The van der Waals surface area contributed by atoms with Gasteiger partial charge in [-0.15, -0.1) is 11.3 Å². The molecule has 0 aliphatic heterocycles. The zero-order chi connectivity index (χ0) is 12.5. The van der Waals surface area contributed by atoms with E-state index in [1.54, 1.807) is 6.07 Å². The predicted molar refractivity (Wildman–Crippen MR) is 68.7 cm³/mol.